The highest BCUT2D eigenvalue weighted by molar-refractivity contribution is 9.10. The molecule has 9 heteroatoms. The normalized spacial score (nSPS) is 11.8. The van der Waals surface area contributed by atoms with Crippen molar-refractivity contribution in [2.45, 2.75) is 72.3 Å². The molecule has 0 saturated carbocycles. The Morgan fingerprint density at radius 3 is 2.49 bits per heavy atom. The molecule has 1 amide bonds. The maximum absolute atomic E-state index is 12.8. The third-order valence-electron chi connectivity index (χ3n) is 6.13. The highest BCUT2D eigenvalue weighted by Crippen LogP contribution is 2.29. The van der Waals surface area contributed by atoms with Crippen LogP contribution in [0.15, 0.2) is 64.0 Å². The van der Waals surface area contributed by atoms with Crippen LogP contribution in [0.25, 0.3) is 11.5 Å². The van der Waals surface area contributed by atoms with Crippen LogP contribution in [0.3, 0.4) is 0 Å². The molecule has 0 atom stereocenters. The van der Waals surface area contributed by atoms with E-state index >= 15 is 0 Å². The van der Waals surface area contributed by atoms with E-state index in [1.54, 1.807) is 27.0 Å². The number of hydrogen-bond donors (Lipinski definition) is 1. The van der Waals surface area contributed by atoms with Crippen molar-refractivity contribution in [1.82, 2.24) is 15.2 Å². The van der Waals surface area contributed by atoms with Gasteiger partial charge >= 0.3 is 5.97 Å². The third kappa shape index (κ3) is 9.30. The first-order valence-corrected chi connectivity index (χ1v) is 14.3. The fourth-order valence-electron chi connectivity index (χ4n) is 4.10. The van der Waals surface area contributed by atoms with E-state index < -0.39 is 17.2 Å². The molecule has 2 aromatic carbocycles. The molecular formula is C32H40BrN3O5. The molecule has 0 saturated heterocycles. The van der Waals surface area contributed by atoms with Crippen molar-refractivity contribution >= 4 is 27.8 Å². The molecule has 0 radical (unpaired) electrons. The fraction of sp³-hybridized carbons (Fsp3) is 0.406. The molecule has 1 heterocycles. The topological polar surface area (TPSA) is 93.9 Å². The van der Waals surface area contributed by atoms with Crippen LogP contribution in [0, 0.1) is 6.92 Å². The highest BCUT2D eigenvalue weighted by atomic mass is 79.9. The van der Waals surface area contributed by atoms with Gasteiger partial charge < -0.3 is 19.2 Å². The van der Waals surface area contributed by atoms with Crippen LogP contribution in [-0.2, 0) is 33.8 Å². The summed E-state index contributed by atoms with van der Waals surface area (Å²) in [7, 11) is 1.62. The Balaban J connectivity index is 1.85. The Bertz CT molecular complexity index is 1390. The zero-order valence-electron chi connectivity index (χ0n) is 25.0. The Labute approximate surface area is 251 Å². The first-order valence-electron chi connectivity index (χ1n) is 13.5. The number of nitrogens with one attached hydrogen (secondary N) is 1. The number of allylic oxidation sites excluding steroid dienone is 1. The number of ether oxygens (including phenoxy) is 2. The molecule has 0 fully saturated rings. The molecule has 0 bridgehead atoms. The Morgan fingerprint density at radius 2 is 1.85 bits per heavy atom. The summed E-state index contributed by atoms with van der Waals surface area (Å²) in [6.45, 7) is 15.7. The summed E-state index contributed by atoms with van der Waals surface area (Å²) in [4.78, 5) is 31.9. The molecule has 0 aliphatic carbocycles. The average Bonchev–Trinajstić information content (AvgIpc) is 3.24. The summed E-state index contributed by atoms with van der Waals surface area (Å²) in [6, 6.07) is 13.6. The Morgan fingerprint density at radius 1 is 1.12 bits per heavy atom. The second-order valence-electron chi connectivity index (χ2n) is 11.4. The molecule has 0 unspecified atom stereocenters. The van der Waals surface area contributed by atoms with Gasteiger partial charge in [-0.1, -0.05) is 40.2 Å². The van der Waals surface area contributed by atoms with E-state index in [0.717, 1.165) is 26.9 Å². The SMILES string of the molecule is C=CCc1cc(CN(CC(=O)NC)Cc2nc(-c3cccc(Br)c3)oc2C)ccc1OC(C)(C)C(=O)OC(C)(C)C. The fourth-order valence-corrected chi connectivity index (χ4v) is 4.50. The standard InChI is InChI=1S/C32H40BrN3O5/c1-9-11-23-16-22(14-15-27(23)40-32(6,7)30(38)41-31(3,4)5)18-36(20-28(37)34-8)19-26-21(2)39-29(35-26)24-12-10-13-25(33)17-24/h9-10,12-17H,1,11,18-20H2,2-8H3,(H,34,37). The number of likely N-dealkylation sites (N-methyl/N-ethyl adjacent to an activating group) is 1. The molecule has 3 aromatic rings. The van der Waals surface area contributed by atoms with Gasteiger partial charge in [0.15, 0.2) is 5.60 Å². The van der Waals surface area contributed by atoms with Crippen molar-refractivity contribution in [1.29, 1.82) is 0 Å². The number of benzene rings is 2. The van der Waals surface area contributed by atoms with Crippen molar-refractivity contribution in [2.75, 3.05) is 13.6 Å². The first kappa shape index (κ1) is 32.1. The zero-order chi connectivity index (χ0) is 30.4. The van der Waals surface area contributed by atoms with Gasteiger partial charge in [0, 0.05) is 30.2 Å². The summed E-state index contributed by atoms with van der Waals surface area (Å²) >= 11 is 3.49. The van der Waals surface area contributed by atoms with Crippen LogP contribution >= 0.6 is 15.9 Å². The molecule has 8 nitrogen and oxygen atoms in total. The quantitative estimate of drug-likeness (QED) is 0.184. The minimum absolute atomic E-state index is 0.108. The Hall–Kier alpha value is -3.43. The summed E-state index contributed by atoms with van der Waals surface area (Å²) in [5.74, 6) is 1.25. The van der Waals surface area contributed by atoms with E-state index in [4.69, 9.17) is 18.9 Å². The molecular weight excluding hydrogens is 586 g/mol. The van der Waals surface area contributed by atoms with E-state index in [1.165, 1.54) is 0 Å². The van der Waals surface area contributed by atoms with Gasteiger partial charge in [0.25, 0.3) is 0 Å². The Kier molecular flexibility index (Phi) is 10.6. The van der Waals surface area contributed by atoms with Crippen molar-refractivity contribution in [3.63, 3.8) is 0 Å². The number of carbonyl (C=O) groups is 2. The summed E-state index contributed by atoms with van der Waals surface area (Å²) in [6.07, 6.45) is 2.33. The van der Waals surface area contributed by atoms with Gasteiger partial charge in [0.1, 0.15) is 17.1 Å². The average molecular weight is 627 g/mol. The lowest BCUT2D eigenvalue weighted by Crippen LogP contribution is -2.43. The van der Waals surface area contributed by atoms with Crippen molar-refractivity contribution < 1.29 is 23.5 Å². The van der Waals surface area contributed by atoms with Crippen LogP contribution < -0.4 is 10.1 Å². The van der Waals surface area contributed by atoms with Gasteiger partial charge in [-0.05, 0) is 83.4 Å². The number of rotatable bonds is 12. The molecule has 0 spiro atoms. The number of nitrogens with zero attached hydrogens (tertiary/aromatic N) is 2. The lowest BCUT2D eigenvalue weighted by atomic mass is 10.0. The van der Waals surface area contributed by atoms with Gasteiger partial charge in [-0.2, -0.15) is 0 Å². The van der Waals surface area contributed by atoms with Gasteiger partial charge in [-0.3, -0.25) is 9.69 Å². The molecule has 1 aromatic heterocycles. The maximum atomic E-state index is 12.8. The first-order chi connectivity index (χ1) is 19.2. The van der Waals surface area contributed by atoms with Gasteiger partial charge in [0.05, 0.1) is 12.2 Å². The van der Waals surface area contributed by atoms with Crippen LogP contribution in [0.1, 0.15) is 57.2 Å². The second kappa shape index (κ2) is 13.5. The molecule has 0 aliphatic heterocycles. The summed E-state index contributed by atoms with van der Waals surface area (Å²) in [5.41, 5.74) is 1.66. The molecule has 41 heavy (non-hydrogen) atoms. The zero-order valence-corrected chi connectivity index (χ0v) is 26.6. The number of aromatic nitrogens is 1. The minimum atomic E-state index is -1.19. The summed E-state index contributed by atoms with van der Waals surface area (Å²) < 4.78 is 18.6. The van der Waals surface area contributed by atoms with E-state index in [-0.39, 0.29) is 12.5 Å². The van der Waals surface area contributed by atoms with E-state index in [0.29, 0.717) is 36.9 Å². The third-order valence-corrected chi connectivity index (χ3v) is 6.63. The number of aryl methyl sites for hydroxylation is 1. The lowest BCUT2D eigenvalue weighted by Gasteiger charge is -2.30. The molecule has 3 rings (SSSR count). The van der Waals surface area contributed by atoms with Crippen molar-refractivity contribution in [3.05, 3.63) is 82.2 Å². The van der Waals surface area contributed by atoms with E-state index in [1.807, 2.05) is 75.1 Å². The number of oxazole rings is 1. The minimum Gasteiger partial charge on any atom is -0.476 e. The molecule has 0 aliphatic rings. The monoisotopic (exact) mass is 625 g/mol. The van der Waals surface area contributed by atoms with Crippen molar-refractivity contribution in [3.8, 4) is 17.2 Å². The van der Waals surface area contributed by atoms with E-state index in [9.17, 15) is 9.59 Å². The van der Waals surface area contributed by atoms with Gasteiger partial charge in [-0.25, -0.2) is 9.78 Å². The van der Waals surface area contributed by atoms with Crippen LogP contribution in [0.2, 0.25) is 0 Å². The molecule has 220 valence electrons. The predicted molar refractivity (Wildman–Crippen MR) is 163 cm³/mol. The van der Waals surface area contributed by atoms with Crippen LogP contribution in [-0.4, -0.2) is 46.6 Å². The number of carbonyl (C=O) groups excluding carboxylic acids is 2. The number of amides is 1. The largest absolute Gasteiger partial charge is 0.476 e. The molecule has 1 N–H and O–H groups in total. The van der Waals surface area contributed by atoms with Gasteiger partial charge in [-0.15, -0.1) is 6.58 Å². The highest BCUT2D eigenvalue weighted by Gasteiger charge is 2.35. The number of halogens is 1. The van der Waals surface area contributed by atoms with E-state index in [2.05, 4.69) is 27.8 Å². The maximum Gasteiger partial charge on any atom is 0.350 e. The van der Waals surface area contributed by atoms with Crippen LogP contribution in [0.4, 0.5) is 0 Å². The summed E-state index contributed by atoms with van der Waals surface area (Å²) in [5, 5.41) is 2.71. The van der Waals surface area contributed by atoms with Crippen LogP contribution in [0.5, 0.6) is 5.75 Å². The predicted octanol–water partition coefficient (Wildman–Crippen LogP) is 6.39. The second-order valence-corrected chi connectivity index (χ2v) is 12.3. The lowest BCUT2D eigenvalue weighted by molar-refractivity contribution is -0.171. The van der Waals surface area contributed by atoms with Crippen molar-refractivity contribution in [2.24, 2.45) is 0 Å². The number of hydrogen-bond acceptors (Lipinski definition) is 7. The smallest absolute Gasteiger partial charge is 0.350 e. The van der Waals surface area contributed by atoms with Gasteiger partial charge in [0.2, 0.25) is 11.8 Å². The number of esters is 1.